The van der Waals surface area contributed by atoms with E-state index in [0.717, 1.165) is 18.9 Å². The minimum atomic E-state index is 0.426. The molecule has 0 spiro atoms. The van der Waals surface area contributed by atoms with Crippen molar-refractivity contribution in [2.45, 2.75) is 26.4 Å². The zero-order valence-electron chi connectivity index (χ0n) is 9.46. The van der Waals surface area contributed by atoms with Gasteiger partial charge in [-0.3, -0.25) is 0 Å². The lowest BCUT2D eigenvalue weighted by atomic mass is 10.4. The molecule has 0 saturated heterocycles. The maximum atomic E-state index is 5.68. The van der Waals surface area contributed by atoms with Crippen LogP contribution in [0.25, 0.3) is 10.6 Å². The minimum Gasteiger partial charge on any atom is -0.438 e. The Hall–Kier alpha value is -0.170. The predicted octanol–water partition coefficient (Wildman–Crippen LogP) is 4.43. The summed E-state index contributed by atoms with van der Waals surface area (Å²) in [4.78, 5) is 5.31. The molecule has 92 valence electrons. The highest BCUT2D eigenvalue weighted by Crippen LogP contribution is 2.38. The van der Waals surface area contributed by atoms with Crippen molar-refractivity contribution in [2.24, 2.45) is 0 Å². The maximum Gasteiger partial charge on any atom is 0.208 e. The first-order chi connectivity index (χ1) is 8.06. The van der Waals surface area contributed by atoms with Crippen molar-refractivity contribution in [1.82, 2.24) is 10.3 Å². The van der Waals surface area contributed by atoms with E-state index in [1.54, 1.807) is 17.5 Å². The van der Waals surface area contributed by atoms with Crippen LogP contribution in [0, 0.1) is 0 Å². The fourth-order valence-electron chi connectivity index (χ4n) is 1.27. The lowest BCUT2D eigenvalue weighted by Gasteiger charge is -2.03. The van der Waals surface area contributed by atoms with E-state index in [1.165, 1.54) is 0 Å². The van der Waals surface area contributed by atoms with E-state index in [-0.39, 0.29) is 0 Å². The van der Waals surface area contributed by atoms with E-state index >= 15 is 0 Å². The molecule has 2 rings (SSSR count). The van der Waals surface area contributed by atoms with E-state index in [9.17, 15) is 0 Å². The summed E-state index contributed by atoms with van der Waals surface area (Å²) in [7, 11) is 0. The largest absolute Gasteiger partial charge is 0.438 e. The van der Waals surface area contributed by atoms with Crippen LogP contribution in [0.1, 0.15) is 19.7 Å². The van der Waals surface area contributed by atoms with Gasteiger partial charge in [0.2, 0.25) is 5.89 Å². The highest BCUT2D eigenvalue weighted by molar-refractivity contribution is 9.13. The maximum absolute atomic E-state index is 5.68. The third-order valence-corrected chi connectivity index (χ3v) is 5.37. The van der Waals surface area contributed by atoms with Gasteiger partial charge in [0.05, 0.1) is 21.4 Å². The average molecular weight is 380 g/mol. The summed E-state index contributed by atoms with van der Waals surface area (Å²) in [5.41, 5.74) is 0. The van der Waals surface area contributed by atoms with Crippen LogP contribution in [0.2, 0.25) is 0 Å². The second-order valence-electron chi connectivity index (χ2n) is 3.89. The molecule has 0 radical (unpaired) electrons. The summed E-state index contributed by atoms with van der Waals surface area (Å²) in [6, 6.07) is 2.45. The number of hydrogen-bond acceptors (Lipinski definition) is 4. The lowest BCUT2D eigenvalue weighted by molar-refractivity contribution is 0.459. The van der Waals surface area contributed by atoms with Crippen molar-refractivity contribution in [1.29, 1.82) is 0 Å². The SMILES string of the molecule is CC(C)NCc1ncc(-c2cc(Br)c(Br)s2)o1. The van der Waals surface area contributed by atoms with E-state index in [4.69, 9.17) is 4.42 Å². The van der Waals surface area contributed by atoms with Crippen LogP contribution in [0.5, 0.6) is 0 Å². The van der Waals surface area contributed by atoms with Crippen molar-refractivity contribution < 1.29 is 4.42 Å². The Bertz CT molecular complexity index is 488. The van der Waals surface area contributed by atoms with Crippen LogP contribution in [0.3, 0.4) is 0 Å². The first-order valence-corrected chi connectivity index (χ1v) is 7.60. The summed E-state index contributed by atoms with van der Waals surface area (Å²) < 4.78 is 7.78. The first-order valence-electron chi connectivity index (χ1n) is 5.19. The smallest absolute Gasteiger partial charge is 0.208 e. The van der Waals surface area contributed by atoms with Gasteiger partial charge in [0.25, 0.3) is 0 Å². The second-order valence-corrected chi connectivity index (χ2v) is 7.11. The molecule has 6 heteroatoms. The van der Waals surface area contributed by atoms with E-state index in [0.29, 0.717) is 18.5 Å². The summed E-state index contributed by atoms with van der Waals surface area (Å²) in [6.45, 7) is 4.85. The Morgan fingerprint density at radius 3 is 2.82 bits per heavy atom. The average Bonchev–Trinajstić information content (AvgIpc) is 2.84. The standard InChI is InChI=1S/C11H12Br2N2OS/c1-6(2)14-5-10-15-4-8(16-10)9-3-7(12)11(13)17-9/h3-4,6,14H,5H2,1-2H3. The van der Waals surface area contributed by atoms with Crippen molar-refractivity contribution in [2.75, 3.05) is 0 Å². The predicted molar refractivity (Wildman–Crippen MR) is 77.2 cm³/mol. The molecule has 0 bridgehead atoms. The molecule has 0 unspecified atom stereocenters. The Labute approximate surface area is 121 Å². The van der Waals surface area contributed by atoms with Gasteiger partial charge < -0.3 is 9.73 Å². The summed E-state index contributed by atoms with van der Waals surface area (Å²) in [6.07, 6.45) is 1.77. The van der Waals surface area contributed by atoms with Crippen molar-refractivity contribution in [3.8, 4) is 10.6 Å². The van der Waals surface area contributed by atoms with Gasteiger partial charge in [0, 0.05) is 10.5 Å². The number of oxazole rings is 1. The third-order valence-electron chi connectivity index (χ3n) is 2.10. The van der Waals surface area contributed by atoms with Gasteiger partial charge in [-0.2, -0.15) is 0 Å². The summed E-state index contributed by atoms with van der Waals surface area (Å²) >= 11 is 8.55. The lowest BCUT2D eigenvalue weighted by Crippen LogP contribution is -2.21. The normalized spacial score (nSPS) is 11.4. The highest BCUT2D eigenvalue weighted by atomic mass is 79.9. The Balaban J connectivity index is 2.12. The number of nitrogens with one attached hydrogen (secondary N) is 1. The van der Waals surface area contributed by atoms with Gasteiger partial charge in [-0.15, -0.1) is 11.3 Å². The number of thiophene rings is 1. The van der Waals surface area contributed by atoms with Gasteiger partial charge in [0.15, 0.2) is 5.76 Å². The van der Waals surface area contributed by atoms with Gasteiger partial charge in [-0.1, -0.05) is 13.8 Å². The molecule has 0 aromatic carbocycles. The number of nitrogens with zero attached hydrogens (tertiary/aromatic N) is 1. The van der Waals surface area contributed by atoms with Gasteiger partial charge in [0.1, 0.15) is 0 Å². The molecule has 0 atom stereocenters. The monoisotopic (exact) mass is 378 g/mol. The number of rotatable bonds is 4. The van der Waals surface area contributed by atoms with Crippen LogP contribution in [0.15, 0.2) is 24.9 Å². The topological polar surface area (TPSA) is 38.1 Å². The zero-order chi connectivity index (χ0) is 12.4. The molecule has 0 aliphatic carbocycles. The molecule has 1 N–H and O–H groups in total. The quantitative estimate of drug-likeness (QED) is 0.853. The number of hydrogen-bond donors (Lipinski definition) is 1. The van der Waals surface area contributed by atoms with E-state index in [1.807, 2.05) is 6.07 Å². The first kappa shape index (κ1) is 13.3. The van der Waals surface area contributed by atoms with Crippen molar-refractivity contribution in [3.63, 3.8) is 0 Å². The number of aromatic nitrogens is 1. The van der Waals surface area contributed by atoms with Crippen molar-refractivity contribution >= 4 is 43.2 Å². The fourth-order valence-corrected chi connectivity index (χ4v) is 3.25. The molecular formula is C11H12Br2N2OS. The number of halogens is 2. The van der Waals surface area contributed by atoms with Crippen LogP contribution in [-0.2, 0) is 6.54 Å². The molecule has 0 amide bonds. The van der Waals surface area contributed by atoms with Crippen LogP contribution >= 0.6 is 43.2 Å². The fraction of sp³-hybridized carbons (Fsp3) is 0.364. The second kappa shape index (κ2) is 5.65. The molecule has 0 saturated carbocycles. The van der Waals surface area contributed by atoms with Gasteiger partial charge in [-0.05, 0) is 37.9 Å². The van der Waals surface area contributed by atoms with E-state index < -0.39 is 0 Å². The molecule has 0 fully saturated rings. The molecule has 2 aromatic heterocycles. The Morgan fingerprint density at radius 1 is 1.47 bits per heavy atom. The summed E-state index contributed by atoms with van der Waals surface area (Å²) in [5, 5.41) is 3.27. The Kier molecular flexibility index (Phi) is 4.41. The molecule has 3 nitrogen and oxygen atoms in total. The molecule has 0 aliphatic heterocycles. The third kappa shape index (κ3) is 3.40. The van der Waals surface area contributed by atoms with Crippen LogP contribution < -0.4 is 5.32 Å². The van der Waals surface area contributed by atoms with Crippen molar-refractivity contribution in [3.05, 3.63) is 26.4 Å². The zero-order valence-corrected chi connectivity index (χ0v) is 13.4. The molecule has 17 heavy (non-hydrogen) atoms. The molecule has 0 aliphatic rings. The van der Waals surface area contributed by atoms with Crippen LogP contribution in [-0.4, -0.2) is 11.0 Å². The Morgan fingerprint density at radius 2 is 2.24 bits per heavy atom. The minimum absolute atomic E-state index is 0.426. The molecular weight excluding hydrogens is 368 g/mol. The molecule has 2 aromatic rings. The molecule has 2 heterocycles. The van der Waals surface area contributed by atoms with Gasteiger partial charge in [-0.25, -0.2) is 4.98 Å². The van der Waals surface area contributed by atoms with Gasteiger partial charge >= 0.3 is 0 Å². The highest BCUT2D eigenvalue weighted by Gasteiger charge is 2.11. The van der Waals surface area contributed by atoms with E-state index in [2.05, 4.69) is 56.0 Å². The van der Waals surface area contributed by atoms with Crippen LogP contribution in [0.4, 0.5) is 0 Å². The summed E-state index contributed by atoms with van der Waals surface area (Å²) in [5.74, 6) is 1.52.